The summed E-state index contributed by atoms with van der Waals surface area (Å²) in [7, 11) is -1.45. The third-order valence-electron chi connectivity index (χ3n) is 6.72. The molecule has 43 heavy (non-hydrogen) atoms. The Bertz CT molecular complexity index is 1550. The fourth-order valence-electron chi connectivity index (χ4n) is 4.48. The van der Waals surface area contributed by atoms with Crippen LogP contribution in [0.3, 0.4) is 0 Å². The average molecular weight is 651 g/mol. The van der Waals surface area contributed by atoms with Gasteiger partial charge in [0.15, 0.2) is 11.5 Å². The Labute approximate surface area is 263 Å². The maximum Gasteiger partial charge on any atom is 0.264 e. The topological polar surface area (TPSA) is 105 Å². The molecule has 0 fully saturated rings. The second kappa shape index (κ2) is 14.8. The lowest BCUT2D eigenvalue weighted by molar-refractivity contribution is -0.140. The predicted molar refractivity (Wildman–Crippen MR) is 170 cm³/mol. The van der Waals surface area contributed by atoms with Crippen LogP contribution in [-0.4, -0.2) is 58.0 Å². The number of methoxy groups -OCH3 is 2. The van der Waals surface area contributed by atoms with Crippen LogP contribution in [0.4, 0.5) is 5.69 Å². The van der Waals surface area contributed by atoms with E-state index in [4.69, 9.17) is 32.7 Å². The fourth-order valence-corrected chi connectivity index (χ4v) is 6.38. The van der Waals surface area contributed by atoms with Gasteiger partial charge in [-0.1, -0.05) is 53.9 Å². The first-order valence-electron chi connectivity index (χ1n) is 13.7. The van der Waals surface area contributed by atoms with Gasteiger partial charge in [-0.25, -0.2) is 8.42 Å². The number of anilines is 1. The maximum atomic E-state index is 14.2. The molecule has 0 bridgehead atoms. The zero-order valence-corrected chi connectivity index (χ0v) is 27.4. The molecule has 12 heteroatoms. The second-order valence-corrected chi connectivity index (χ2v) is 12.9. The zero-order chi connectivity index (χ0) is 31.9. The van der Waals surface area contributed by atoms with Crippen molar-refractivity contribution >= 4 is 50.7 Å². The van der Waals surface area contributed by atoms with Crippen molar-refractivity contribution < 1.29 is 27.5 Å². The van der Waals surface area contributed by atoms with E-state index in [-0.39, 0.29) is 41.2 Å². The Hall–Kier alpha value is -3.47. The minimum absolute atomic E-state index is 0.0446. The van der Waals surface area contributed by atoms with Crippen LogP contribution < -0.4 is 19.1 Å². The molecule has 0 aliphatic heterocycles. The Kier molecular flexibility index (Phi) is 11.7. The van der Waals surface area contributed by atoms with Crippen molar-refractivity contribution in [3.8, 4) is 11.5 Å². The second-order valence-electron chi connectivity index (χ2n) is 10.2. The molecule has 2 amide bonds. The molecule has 1 N–H and O–H groups in total. The number of carbonyl (C=O) groups excluding carboxylic acids is 2. The summed E-state index contributed by atoms with van der Waals surface area (Å²) in [5.41, 5.74) is 1.74. The molecule has 0 spiro atoms. The summed E-state index contributed by atoms with van der Waals surface area (Å²) in [4.78, 5) is 28.7. The largest absolute Gasteiger partial charge is 0.493 e. The Morgan fingerprint density at radius 3 is 2.14 bits per heavy atom. The van der Waals surface area contributed by atoms with Gasteiger partial charge in [0.25, 0.3) is 10.0 Å². The predicted octanol–water partition coefficient (Wildman–Crippen LogP) is 5.85. The Morgan fingerprint density at radius 2 is 1.58 bits per heavy atom. The lowest BCUT2D eigenvalue weighted by atomic mass is 10.1. The smallest absolute Gasteiger partial charge is 0.264 e. The van der Waals surface area contributed by atoms with Crippen LogP contribution >= 0.6 is 23.2 Å². The third kappa shape index (κ3) is 8.34. The molecule has 0 radical (unpaired) electrons. The molecule has 1 atom stereocenters. The van der Waals surface area contributed by atoms with Crippen molar-refractivity contribution in [2.75, 3.05) is 25.1 Å². The van der Waals surface area contributed by atoms with Crippen molar-refractivity contribution in [1.82, 2.24) is 10.2 Å². The molecule has 0 saturated carbocycles. The standard InChI is InChI=1S/C31H37Cl2N3O6S/c1-7-27(31(38)34-20(2)3)35(18-22-10-11-23(32)16-26(22)33)30(37)19-36(24-12-8-21(4)9-13-24)43(39,40)25-14-15-28(41-5)29(17-25)42-6/h8-17,20,27H,7,18-19H2,1-6H3,(H,34,38)/t27-/m1/s1. The van der Waals surface area contributed by atoms with Crippen molar-refractivity contribution in [1.29, 1.82) is 0 Å². The van der Waals surface area contributed by atoms with Gasteiger partial charge in [0.2, 0.25) is 11.8 Å². The quantitative estimate of drug-likeness (QED) is 0.249. The fraction of sp³-hybridized carbons (Fsp3) is 0.355. The first kappa shape index (κ1) is 34.0. The molecule has 3 aromatic carbocycles. The molecule has 3 aromatic rings. The van der Waals surface area contributed by atoms with E-state index in [0.29, 0.717) is 21.4 Å². The van der Waals surface area contributed by atoms with Crippen molar-refractivity contribution in [3.05, 3.63) is 81.8 Å². The minimum atomic E-state index is -4.31. The van der Waals surface area contributed by atoms with Crippen LogP contribution in [0.2, 0.25) is 10.0 Å². The van der Waals surface area contributed by atoms with Gasteiger partial charge in [0.1, 0.15) is 12.6 Å². The molecule has 0 aromatic heterocycles. The highest BCUT2D eigenvalue weighted by molar-refractivity contribution is 7.92. The van der Waals surface area contributed by atoms with Crippen molar-refractivity contribution in [3.63, 3.8) is 0 Å². The molecule has 232 valence electrons. The molecule has 9 nitrogen and oxygen atoms in total. The van der Waals surface area contributed by atoms with Gasteiger partial charge in [0, 0.05) is 28.7 Å². The van der Waals surface area contributed by atoms with E-state index in [1.165, 1.54) is 37.3 Å². The van der Waals surface area contributed by atoms with E-state index in [1.54, 1.807) is 49.4 Å². The van der Waals surface area contributed by atoms with Gasteiger partial charge >= 0.3 is 0 Å². The number of nitrogens with one attached hydrogen (secondary N) is 1. The molecule has 0 aliphatic carbocycles. The number of sulfonamides is 1. The summed E-state index contributed by atoms with van der Waals surface area (Å²) < 4.78 is 39.9. The normalized spacial score (nSPS) is 12.0. The van der Waals surface area contributed by atoms with Gasteiger partial charge in [-0.3, -0.25) is 13.9 Å². The molecular weight excluding hydrogens is 613 g/mol. The molecule has 0 heterocycles. The van der Waals surface area contributed by atoms with E-state index in [2.05, 4.69) is 5.32 Å². The average Bonchev–Trinajstić information content (AvgIpc) is 2.96. The van der Waals surface area contributed by atoms with Gasteiger partial charge in [0.05, 0.1) is 24.8 Å². The lowest BCUT2D eigenvalue weighted by Crippen LogP contribution is -2.53. The number of carbonyl (C=O) groups is 2. The molecule has 3 rings (SSSR count). The van der Waals surface area contributed by atoms with Gasteiger partial charge in [-0.15, -0.1) is 0 Å². The summed E-state index contributed by atoms with van der Waals surface area (Å²) in [6.45, 7) is 6.67. The first-order valence-corrected chi connectivity index (χ1v) is 15.9. The van der Waals surface area contributed by atoms with E-state index in [1.807, 2.05) is 20.8 Å². The van der Waals surface area contributed by atoms with Crippen LogP contribution in [0.5, 0.6) is 11.5 Å². The Morgan fingerprint density at radius 1 is 0.930 bits per heavy atom. The number of aryl methyl sites for hydroxylation is 1. The van der Waals surface area contributed by atoms with Crippen molar-refractivity contribution in [2.24, 2.45) is 0 Å². The first-order chi connectivity index (χ1) is 20.3. The van der Waals surface area contributed by atoms with Gasteiger partial charge in [-0.05, 0) is 69.2 Å². The number of rotatable bonds is 13. The van der Waals surface area contributed by atoms with Crippen LogP contribution in [0.15, 0.2) is 65.6 Å². The van der Waals surface area contributed by atoms with Gasteiger partial charge < -0.3 is 19.7 Å². The van der Waals surface area contributed by atoms with Crippen LogP contribution in [0.1, 0.15) is 38.3 Å². The number of benzene rings is 3. The highest BCUT2D eigenvalue weighted by Crippen LogP contribution is 2.33. The minimum Gasteiger partial charge on any atom is -0.493 e. The number of hydrogen-bond donors (Lipinski definition) is 1. The third-order valence-corrected chi connectivity index (χ3v) is 9.07. The Balaban J connectivity index is 2.12. The number of hydrogen-bond acceptors (Lipinski definition) is 6. The van der Waals surface area contributed by atoms with E-state index < -0.39 is 28.5 Å². The van der Waals surface area contributed by atoms with E-state index in [9.17, 15) is 18.0 Å². The van der Waals surface area contributed by atoms with Gasteiger partial charge in [-0.2, -0.15) is 0 Å². The van der Waals surface area contributed by atoms with E-state index in [0.717, 1.165) is 9.87 Å². The maximum absolute atomic E-state index is 14.2. The van der Waals surface area contributed by atoms with Crippen LogP contribution in [0.25, 0.3) is 0 Å². The summed E-state index contributed by atoms with van der Waals surface area (Å²) in [6, 6.07) is 14.8. The summed E-state index contributed by atoms with van der Waals surface area (Å²) in [6.07, 6.45) is 0.280. The molecule has 0 unspecified atom stereocenters. The highest BCUT2D eigenvalue weighted by atomic mass is 35.5. The zero-order valence-electron chi connectivity index (χ0n) is 25.1. The number of halogens is 2. The van der Waals surface area contributed by atoms with Crippen molar-refractivity contribution in [2.45, 2.75) is 57.6 Å². The lowest BCUT2D eigenvalue weighted by Gasteiger charge is -2.33. The number of amides is 2. The van der Waals surface area contributed by atoms with E-state index >= 15 is 0 Å². The molecule has 0 aliphatic rings. The SMILES string of the molecule is CC[C@H](C(=O)NC(C)C)N(Cc1ccc(Cl)cc1Cl)C(=O)CN(c1ccc(C)cc1)S(=O)(=O)c1ccc(OC)c(OC)c1. The summed E-state index contributed by atoms with van der Waals surface area (Å²) in [5.74, 6) is -0.386. The number of nitrogens with zero attached hydrogens (tertiary/aromatic N) is 2. The summed E-state index contributed by atoms with van der Waals surface area (Å²) in [5, 5.41) is 3.60. The van der Waals surface area contributed by atoms with Crippen LogP contribution in [-0.2, 0) is 26.2 Å². The monoisotopic (exact) mass is 649 g/mol. The van der Waals surface area contributed by atoms with Crippen LogP contribution in [0, 0.1) is 6.92 Å². The molecular formula is C31H37Cl2N3O6S. The summed E-state index contributed by atoms with van der Waals surface area (Å²) >= 11 is 12.6. The molecule has 0 saturated heterocycles. The highest BCUT2D eigenvalue weighted by Gasteiger charge is 2.34. The number of ether oxygens (including phenoxy) is 2.